The number of rotatable bonds is 2. The molecule has 3 aromatic rings. The van der Waals surface area contributed by atoms with E-state index in [9.17, 15) is 9.59 Å². The van der Waals surface area contributed by atoms with Crippen molar-refractivity contribution in [2.75, 3.05) is 13.1 Å². The SMILES string of the molecule is O=C(Cn1cnc2ccccc21)N1C[C@H]2C[C@@H](C1)c1cccc(=O)n1C2. The van der Waals surface area contributed by atoms with E-state index in [0.29, 0.717) is 25.6 Å². The van der Waals surface area contributed by atoms with Crippen LogP contribution in [0.3, 0.4) is 0 Å². The molecule has 5 rings (SSSR count). The topological polar surface area (TPSA) is 60.1 Å². The van der Waals surface area contributed by atoms with Gasteiger partial charge in [-0.05, 0) is 30.5 Å². The van der Waals surface area contributed by atoms with E-state index in [4.69, 9.17) is 0 Å². The Morgan fingerprint density at radius 1 is 1.08 bits per heavy atom. The van der Waals surface area contributed by atoms with Gasteiger partial charge in [0.25, 0.3) is 5.56 Å². The zero-order valence-corrected chi connectivity index (χ0v) is 14.4. The van der Waals surface area contributed by atoms with E-state index in [2.05, 4.69) is 4.98 Å². The number of piperidine rings is 1. The summed E-state index contributed by atoms with van der Waals surface area (Å²) in [4.78, 5) is 31.4. The van der Waals surface area contributed by atoms with Crippen LogP contribution in [0.5, 0.6) is 0 Å². The summed E-state index contributed by atoms with van der Waals surface area (Å²) in [6.07, 6.45) is 2.80. The van der Waals surface area contributed by atoms with Crippen LogP contribution in [-0.2, 0) is 17.9 Å². The molecular weight excluding hydrogens is 328 g/mol. The fourth-order valence-corrected chi connectivity index (χ4v) is 4.48. The number of para-hydroxylation sites is 2. The Morgan fingerprint density at radius 2 is 1.96 bits per heavy atom. The summed E-state index contributed by atoms with van der Waals surface area (Å²) < 4.78 is 3.81. The minimum absolute atomic E-state index is 0.0712. The average Bonchev–Trinajstić information content (AvgIpc) is 3.05. The maximum absolute atomic E-state index is 12.9. The lowest BCUT2D eigenvalue weighted by atomic mass is 9.83. The van der Waals surface area contributed by atoms with Gasteiger partial charge in [0.1, 0.15) is 6.54 Å². The normalized spacial score (nSPS) is 21.6. The number of carbonyl (C=O) groups is 1. The number of fused-ring (bicyclic) bond motifs is 5. The summed E-state index contributed by atoms with van der Waals surface area (Å²) in [7, 11) is 0. The second kappa shape index (κ2) is 5.83. The van der Waals surface area contributed by atoms with Gasteiger partial charge in [0.2, 0.25) is 5.91 Å². The van der Waals surface area contributed by atoms with E-state index in [1.54, 1.807) is 12.4 Å². The number of pyridine rings is 1. The van der Waals surface area contributed by atoms with Gasteiger partial charge >= 0.3 is 0 Å². The molecule has 132 valence electrons. The van der Waals surface area contributed by atoms with Crippen LogP contribution >= 0.6 is 0 Å². The highest BCUT2D eigenvalue weighted by atomic mass is 16.2. The third kappa shape index (κ3) is 2.44. The number of nitrogens with zero attached hydrogens (tertiary/aromatic N) is 4. The maximum atomic E-state index is 12.9. The van der Waals surface area contributed by atoms with Gasteiger partial charge in [-0.3, -0.25) is 9.59 Å². The molecule has 1 fully saturated rings. The molecule has 2 aliphatic heterocycles. The second-order valence-electron chi connectivity index (χ2n) is 7.36. The number of amides is 1. The molecule has 0 saturated carbocycles. The molecule has 26 heavy (non-hydrogen) atoms. The summed E-state index contributed by atoms with van der Waals surface area (Å²) >= 11 is 0. The van der Waals surface area contributed by atoms with Gasteiger partial charge < -0.3 is 14.0 Å². The molecule has 4 heterocycles. The van der Waals surface area contributed by atoms with E-state index >= 15 is 0 Å². The van der Waals surface area contributed by atoms with Crippen LogP contribution in [0.25, 0.3) is 11.0 Å². The lowest BCUT2D eigenvalue weighted by molar-refractivity contribution is -0.134. The van der Waals surface area contributed by atoms with Crippen LogP contribution in [0, 0.1) is 5.92 Å². The fourth-order valence-electron chi connectivity index (χ4n) is 4.48. The highest BCUT2D eigenvalue weighted by molar-refractivity contribution is 5.80. The van der Waals surface area contributed by atoms with Crippen LogP contribution in [0.15, 0.2) is 53.6 Å². The molecule has 1 aromatic carbocycles. The van der Waals surface area contributed by atoms with Crippen LogP contribution in [0.1, 0.15) is 18.0 Å². The molecule has 6 heteroatoms. The Kier molecular flexibility index (Phi) is 3.45. The van der Waals surface area contributed by atoms with Crippen molar-refractivity contribution in [3.8, 4) is 0 Å². The molecule has 0 radical (unpaired) electrons. The number of benzene rings is 1. The summed E-state index contributed by atoms with van der Waals surface area (Å²) in [6.45, 7) is 2.43. The first-order chi connectivity index (χ1) is 12.7. The predicted octanol–water partition coefficient (Wildman–Crippen LogP) is 1.84. The number of imidazole rings is 1. The summed E-state index contributed by atoms with van der Waals surface area (Å²) in [5.74, 6) is 0.722. The third-order valence-corrected chi connectivity index (χ3v) is 5.67. The van der Waals surface area contributed by atoms with E-state index < -0.39 is 0 Å². The van der Waals surface area contributed by atoms with Crippen LogP contribution in [0.2, 0.25) is 0 Å². The maximum Gasteiger partial charge on any atom is 0.250 e. The van der Waals surface area contributed by atoms with Crippen molar-refractivity contribution in [1.82, 2.24) is 19.0 Å². The van der Waals surface area contributed by atoms with Crippen molar-refractivity contribution in [2.24, 2.45) is 5.92 Å². The molecular formula is C20H20N4O2. The van der Waals surface area contributed by atoms with Gasteiger partial charge in [0.05, 0.1) is 17.4 Å². The lowest BCUT2D eigenvalue weighted by Gasteiger charge is -2.42. The number of likely N-dealkylation sites (tertiary alicyclic amines) is 1. The zero-order valence-electron chi connectivity index (χ0n) is 14.4. The molecule has 2 aliphatic rings. The monoisotopic (exact) mass is 348 g/mol. The summed E-state index contributed by atoms with van der Waals surface area (Å²) in [6, 6.07) is 13.3. The van der Waals surface area contributed by atoms with Crippen LogP contribution in [-0.4, -0.2) is 38.0 Å². The van der Waals surface area contributed by atoms with E-state index in [-0.39, 0.29) is 17.4 Å². The van der Waals surface area contributed by atoms with Crippen molar-refractivity contribution in [2.45, 2.75) is 25.4 Å². The first-order valence-corrected chi connectivity index (χ1v) is 9.06. The molecule has 0 aliphatic carbocycles. The molecule has 1 saturated heterocycles. The molecule has 1 amide bonds. The number of hydrogen-bond acceptors (Lipinski definition) is 3. The standard InChI is InChI=1S/C20H20N4O2/c25-19-7-3-6-17-15-8-14(10-24(17)19)9-22(11-15)20(26)12-23-13-21-16-4-1-2-5-18(16)23/h1-7,13-15H,8-12H2/t14-,15+/m1/s1. The lowest BCUT2D eigenvalue weighted by Crippen LogP contribution is -2.49. The summed E-state index contributed by atoms with van der Waals surface area (Å²) in [5.41, 5.74) is 3.03. The van der Waals surface area contributed by atoms with Crippen LogP contribution in [0.4, 0.5) is 0 Å². The smallest absolute Gasteiger partial charge is 0.250 e. The number of carbonyl (C=O) groups excluding carboxylic acids is 1. The minimum atomic E-state index is 0.0712. The molecule has 2 bridgehead atoms. The van der Waals surface area contributed by atoms with Gasteiger partial charge in [-0.15, -0.1) is 0 Å². The van der Waals surface area contributed by atoms with E-state index in [1.165, 1.54) is 0 Å². The summed E-state index contributed by atoms with van der Waals surface area (Å²) in [5, 5.41) is 0. The van der Waals surface area contributed by atoms with Crippen molar-refractivity contribution in [3.63, 3.8) is 0 Å². The molecule has 2 aromatic heterocycles. The second-order valence-corrected chi connectivity index (χ2v) is 7.36. The zero-order chi connectivity index (χ0) is 17.7. The Bertz CT molecular complexity index is 1050. The molecule has 0 spiro atoms. The first-order valence-electron chi connectivity index (χ1n) is 9.06. The van der Waals surface area contributed by atoms with Gasteiger partial charge in [0.15, 0.2) is 0 Å². The quantitative estimate of drug-likeness (QED) is 0.710. The van der Waals surface area contributed by atoms with Crippen molar-refractivity contribution < 1.29 is 4.79 Å². The Labute approximate surface area is 150 Å². The molecule has 0 N–H and O–H groups in total. The molecule has 2 atom stereocenters. The minimum Gasteiger partial charge on any atom is -0.340 e. The Hall–Kier alpha value is -2.89. The van der Waals surface area contributed by atoms with E-state index in [0.717, 1.165) is 29.7 Å². The largest absolute Gasteiger partial charge is 0.340 e. The first kappa shape index (κ1) is 15.4. The molecule has 6 nitrogen and oxygen atoms in total. The van der Waals surface area contributed by atoms with Gasteiger partial charge in [-0.2, -0.15) is 0 Å². The van der Waals surface area contributed by atoms with Gasteiger partial charge in [0, 0.05) is 37.3 Å². The van der Waals surface area contributed by atoms with Crippen molar-refractivity contribution >= 4 is 16.9 Å². The van der Waals surface area contributed by atoms with E-state index in [1.807, 2.05) is 50.4 Å². The highest BCUT2D eigenvalue weighted by Crippen LogP contribution is 2.35. The third-order valence-electron chi connectivity index (χ3n) is 5.67. The van der Waals surface area contributed by atoms with Crippen LogP contribution < -0.4 is 5.56 Å². The fraction of sp³-hybridized carbons (Fsp3) is 0.350. The Morgan fingerprint density at radius 3 is 2.88 bits per heavy atom. The highest BCUT2D eigenvalue weighted by Gasteiger charge is 2.36. The van der Waals surface area contributed by atoms with Gasteiger partial charge in [-0.25, -0.2) is 4.98 Å². The number of hydrogen-bond donors (Lipinski definition) is 0. The predicted molar refractivity (Wildman–Crippen MR) is 97.9 cm³/mol. The van der Waals surface area contributed by atoms with Gasteiger partial charge in [-0.1, -0.05) is 18.2 Å². The number of aromatic nitrogens is 3. The Balaban J connectivity index is 1.39. The van der Waals surface area contributed by atoms with Crippen molar-refractivity contribution in [3.05, 3.63) is 64.8 Å². The van der Waals surface area contributed by atoms with Crippen molar-refractivity contribution in [1.29, 1.82) is 0 Å². The molecule has 0 unspecified atom stereocenters. The average molecular weight is 348 g/mol.